The molecule has 3 heterocycles. The van der Waals surface area contributed by atoms with Crippen LogP contribution in [-0.2, 0) is 4.74 Å². The molecule has 1 fully saturated rings. The number of ether oxygens (including phenoxy) is 2. The maximum atomic E-state index is 12.4. The molecule has 1 aliphatic rings. The predicted octanol–water partition coefficient (Wildman–Crippen LogP) is 6.79. The van der Waals surface area contributed by atoms with Gasteiger partial charge in [0.2, 0.25) is 0 Å². The number of furan rings is 1. The molecule has 0 saturated carbocycles. The number of carboxylic acids is 1. The highest BCUT2D eigenvalue weighted by molar-refractivity contribution is 6.07. The van der Waals surface area contributed by atoms with E-state index in [1.54, 1.807) is 6.07 Å². The molecule has 0 radical (unpaired) electrons. The van der Waals surface area contributed by atoms with Gasteiger partial charge in [-0.05, 0) is 56.4 Å². The lowest BCUT2D eigenvalue weighted by Gasteiger charge is -2.31. The van der Waals surface area contributed by atoms with Gasteiger partial charge in [0.1, 0.15) is 17.0 Å². The van der Waals surface area contributed by atoms with Crippen LogP contribution in [0.15, 0.2) is 46.9 Å². The maximum Gasteiger partial charge on any atom is 0.336 e. The molecule has 0 aliphatic carbocycles. The van der Waals surface area contributed by atoms with Crippen molar-refractivity contribution in [3.8, 4) is 17.2 Å². The van der Waals surface area contributed by atoms with Gasteiger partial charge in [-0.3, -0.25) is 0 Å². The third kappa shape index (κ3) is 4.39. The van der Waals surface area contributed by atoms with E-state index in [0.717, 1.165) is 54.6 Å². The summed E-state index contributed by atoms with van der Waals surface area (Å²) < 4.78 is 18.1. The Morgan fingerprint density at radius 3 is 2.77 bits per heavy atom. The highest BCUT2D eigenvalue weighted by atomic mass is 16.5. The number of nitrogens with zero attached hydrogens (tertiary/aromatic N) is 1. The van der Waals surface area contributed by atoms with Crippen LogP contribution in [0.2, 0.25) is 0 Å². The molecule has 1 N–H and O–H groups in total. The fourth-order valence-corrected chi connectivity index (χ4v) is 5.21. The summed E-state index contributed by atoms with van der Waals surface area (Å²) in [5.74, 6) is 0.984. The average Bonchev–Trinajstić information content (AvgIpc) is 3.20. The Hall–Kier alpha value is -3.38. The fourth-order valence-electron chi connectivity index (χ4n) is 5.21. The number of carbonyl (C=O) groups is 1. The second-order valence-corrected chi connectivity index (χ2v) is 9.50. The number of aryl methyl sites for hydroxylation is 2. The van der Waals surface area contributed by atoms with E-state index in [0.29, 0.717) is 46.5 Å². The van der Waals surface area contributed by atoms with E-state index in [-0.39, 0.29) is 5.56 Å². The van der Waals surface area contributed by atoms with Gasteiger partial charge in [0.15, 0.2) is 5.76 Å². The van der Waals surface area contributed by atoms with Crippen LogP contribution in [0.4, 0.5) is 0 Å². The lowest BCUT2D eigenvalue weighted by Crippen LogP contribution is -2.31. The number of rotatable bonds is 7. The van der Waals surface area contributed by atoms with Crippen LogP contribution in [0.5, 0.6) is 5.75 Å². The summed E-state index contributed by atoms with van der Waals surface area (Å²) in [6, 6.07) is 13.2. The van der Waals surface area contributed by atoms with Gasteiger partial charge in [0.05, 0.1) is 23.1 Å². The van der Waals surface area contributed by atoms with Crippen molar-refractivity contribution in [2.24, 2.45) is 11.8 Å². The summed E-state index contributed by atoms with van der Waals surface area (Å²) in [4.78, 5) is 17.3. The van der Waals surface area contributed by atoms with E-state index in [1.807, 2.05) is 50.2 Å². The molecular weight excluding hydrogens is 442 g/mol. The van der Waals surface area contributed by atoms with Crippen molar-refractivity contribution >= 4 is 27.8 Å². The quantitative estimate of drug-likeness (QED) is 0.318. The molecule has 4 aromatic rings. The molecule has 1 aliphatic heterocycles. The SMILES string of the molecule is CCC[C@@H]1COCCC1COc1ccc(C)c2nc(-c3oc4ccccc4c3C)cc(C(=O)O)c12. The van der Waals surface area contributed by atoms with E-state index in [9.17, 15) is 9.90 Å². The van der Waals surface area contributed by atoms with E-state index in [4.69, 9.17) is 18.9 Å². The molecule has 1 saturated heterocycles. The predicted molar refractivity (Wildman–Crippen MR) is 136 cm³/mol. The topological polar surface area (TPSA) is 81.8 Å². The van der Waals surface area contributed by atoms with Gasteiger partial charge in [-0.2, -0.15) is 0 Å². The molecular formula is C29H31NO5. The van der Waals surface area contributed by atoms with Crippen molar-refractivity contribution in [2.45, 2.75) is 40.0 Å². The lowest BCUT2D eigenvalue weighted by molar-refractivity contribution is -0.00238. The molecule has 6 heteroatoms. The van der Waals surface area contributed by atoms with Gasteiger partial charge in [0, 0.05) is 30.1 Å². The van der Waals surface area contributed by atoms with Crippen molar-refractivity contribution in [1.82, 2.24) is 4.98 Å². The first-order chi connectivity index (χ1) is 17.0. The zero-order valence-electron chi connectivity index (χ0n) is 20.5. The Morgan fingerprint density at radius 1 is 1.17 bits per heavy atom. The number of aromatic carboxylic acids is 1. The van der Waals surface area contributed by atoms with E-state index in [1.165, 1.54) is 0 Å². The van der Waals surface area contributed by atoms with Gasteiger partial charge in [-0.1, -0.05) is 37.6 Å². The summed E-state index contributed by atoms with van der Waals surface area (Å²) in [6.45, 7) is 8.14. The van der Waals surface area contributed by atoms with Crippen LogP contribution >= 0.6 is 0 Å². The first kappa shape index (κ1) is 23.4. The van der Waals surface area contributed by atoms with Crippen LogP contribution in [0.3, 0.4) is 0 Å². The van der Waals surface area contributed by atoms with Gasteiger partial charge >= 0.3 is 5.97 Å². The number of hydrogen-bond acceptors (Lipinski definition) is 5. The number of carboxylic acid groups (broad SMARTS) is 1. The zero-order valence-corrected chi connectivity index (χ0v) is 20.5. The van der Waals surface area contributed by atoms with Crippen molar-refractivity contribution < 1.29 is 23.8 Å². The van der Waals surface area contributed by atoms with Crippen LogP contribution < -0.4 is 4.74 Å². The van der Waals surface area contributed by atoms with E-state index >= 15 is 0 Å². The van der Waals surface area contributed by atoms with Gasteiger partial charge in [0.25, 0.3) is 0 Å². The van der Waals surface area contributed by atoms with Crippen molar-refractivity contribution in [3.63, 3.8) is 0 Å². The maximum absolute atomic E-state index is 12.4. The minimum absolute atomic E-state index is 0.167. The first-order valence-corrected chi connectivity index (χ1v) is 12.3. The van der Waals surface area contributed by atoms with Crippen LogP contribution in [0.1, 0.15) is 47.7 Å². The van der Waals surface area contributed by atoms with Crippen LogP contribution in [0.25, 0.3) is 33.3 Å². The highest BCUT2D eigenvalue weighted by Gasteiger charge is 2.27. The standard InChI is InChI=1S/C29H31NO5/c1-4-7-19-15-33-13-12-20(19)16-34-25-11-10-17(2)27-26(25)22(29(31)32)14-23(30-27)28-18(3)21-8-5-6-9-24(21)35-28/h5-6,8-11,14,19-20H,4,7,12-13,15-16H2,1-3H3,(H,31,32)/t19-,20?/m1/s1. The first-order valence-electron chi connectivity index (χ1n) is 12.3. The molecule has 2 aromatic heterocycles. The second-order valence-electron chi connectivity index (χ2n) is 9.50. The van der Waals surface area contributed by atoms with Gasteiger partial charge < -0.3 is 19.0 Å². The summed E-state index contributed by atoms with van der Waals surface area (Å²) in [5, 5.41) is 11.7. The van der Waals surface area contributed by atoms with Gasteiger partial charge in [-0.25, -0.2) is 9.78 Å². The monoisotopic (exact) mass is 473 g/mol. The average molecular weight is 474 g/mol. The molecule has 6 nitrogen and oxygen atoms in total. The number of fused-ring (bicyclic) bond motifs is 2. The molecule has 2 aromatic carbocycles. The minimum atomic E-state index is -1.02. The Labute approximate surface area is 204 Å². The van der Waals surface area contributed by atoms with E-state index < -0.39 is 5.97 Å². The summed E-state index contributed by atoms with van der Waals surface area (Å²) in [7, 11) is 0. The number of benzene rings is 2. The molecule has 0 spiro atoms. The molecule has 5 rings (SSSR count). The van der Waals surface area contributed by atoms with Gasteiger partial charge in [-0.15, -0.1) is 0 Å². The Kier molecular flexibility index (Phi) is 6.48. The lowest BCUT2D eigenvalue weighted by atomic mass is 9.86. The third-order valence-electron chi connectivity index (χ3n) is 7.17. The number of para-hydroxylation sites is 1. The Balaban J connectivity index is 1.57. The number of hydrogen-bond donors (Lipinski definition) is 1. The summed E-state index contributed by atoms with van der Waals surface area (Å²) in [5.41, 5.74) is 3.88. The highest BCUT2D eigenvalue weighted by Crippen LogP contribution is 2.38. The van der Waals surface area contributed by atoms with E-state index in [2.05, 4.69) is 6.92 Å². The molecule has 2 atom stereocenters. The number of aromatic nitrogens is 1. The number of pyridine rings is 1. The summed E-state index contributed by atoms with van der Waals surface area (Å²) >= 11 is 0. The minimum Gasteiger partial charge on any atom is -0.493 e. The smallest absolute Gasteiger partial charge is 0.336 e. The molecule has 1 unspecified atom stereocenters. The second kappa shape index (κ2) is 9.70. The third-order valence-corrected chi connectivity index (χ3v) is 7.17. The molecule has 0 bridgehead atoms. The van der Waals surface area contributed by atoms with Crippen molar-refractivity contribution in [2.75, 3.05) is 19.8 Å². The van der Waals surface area contributed by atoms with Crippen molar-refractivity contribution in [3.05, 3.63) is 59.2 Å². The largest absolute Gasteiger partial charge is 0.493 e. The molecule has 0 amide bonds. The molecule has 35 heavy (non-hydrogen) atoms. The van der Waals surface area contributed by atoms with Crippen LogP contribution in [0, 0.1) is 25.7 Å². The fraction of sp³-hybridized carbons (Fsp3) is 0.379. The summed E-state index contributed by atoms with van der Waals surface area (Å²) in [6.07, 6.45) is 3.16. The Bertz CT molecular complexity index is 1390. The normalized spacial score (nSPS) is 18.3. The molecule has 182 valence electrons. The zero-order chi connectivity index (χ0) is 24.5. The van der Waals surface area contributed by atoms with Crippen molar-refractivity contribution in [1.29, 1.82) is 0 Å². The Morgan fingerprint density at radius 2 is 2.00 bits per heavy atom. The van der Waals surface area contributed by atoms with Crippen LogP contribution in [-0.4, -0.2) is 35.9 Å².